The van der Waals surface area contributed by atoms with E-state index in [1.807, 2.05) is 11.3 Å². The SMILES string of the molecule is Cc1ccc(-c2cc(CN)ccc2C)s1. The fourth-order valence-corrected chi connectivity index (χ4v) is 2.59. The molecule has 0 fully saturated rings. The molecule has 0 bridgehead atoms. The molecule has 2 aromatic rings. The molecule has 0 spiro atoms. The Morgan fingerprint density at radius 3 is 2.53 bits per heavy atom. The summed E-state index contributed by atoms with van der Waals surface area (Å²) in [5, 5.41) is 0. The topological polar surface area (TPSA) is 26.0 Å². The van der Waals surface area contributed by atoms with E-state index < -0.39 is 0 Å². The van der Waals surface area contributed by atoms with Gasteiger partial charge in [0.1, 0.15) is 0 Å². The number of thiophene rings is 1. The van der Waals surface area contributed by atoms with Crippen molar-refractivity contribution in [3.8, 4) is 10.4 Å². The fourth-order valence-electron chi connectivity index (χ4n) is 1.64. The molecule has 1 heterocycles. The lowest BCUT2D eigenvalue weighted by Crippen LogP contribution is -1.96. The zero-order valence-electron chi connectivity index (χ0n) is 9.08. The van der Waals surface area contributed by atoms with Crippen LogP contribution in [0.15, 0.2) is 30.3 Å². The molecule has 0 saturated carbocycles. The van der Waals surface area contributed by atoms with Crippen LogP contribution in [0.25, 0.3) is 10.4 Å². The monoisotopic (exact) mass is 217 g/mol. The second-order valence-corrected chi connectivity index (χ2v) is 5.05. The van der Waals surface area contributed by atoms with E-state index in [0.717, 1.165) is 0 Å². The molecule has 2 rings (SSSR count). The number of hydrogen-bond acceptors (Lipinski definition) is 2. The van der Waals surface area contributed by atoms with Gasteiger partial charge in [0, 0.05) is 16.3 Å². The van der Waals surface area contributed by atoms with Gasteiger partial charge >= 0.3 is 0 Å². The Kier molecular flexibility index (Phi) is 2.89. The molecular weight excluding hydrogens is 202 g/mol. The Morgan fingerprint density at radius 2 is 1.93 bits per heavy atom. The van der Waals surface area contributed by atoms with Crippen LogP contribution in [0.5, 0.6) is 0 Å². The summed E-state index contributed by atoms with van der Waals surface area (Å²) in [7, 11) is 0. The van der Waals surface area contributed by atoms with Gasteiger partial charge in [-0.2, -0.15) is 0 Å². The molecule has 0 atom stereocenters. The number of rotatable bonds is 2. The molecule has 0 aliphatic rings. The van der Waals surface area contributed by atoms with Crippen molar-refractivity contribution in [3.05, 3.63) is 46.3 Å². The Morgan fingerprint density at radius 1 is 1.13 bits per heavy atom. The number of nitrogens with two attached hydrogens (primary N) is 1. The van der Waals surface area contributed by atoms with Crippen LogP contribution in [-0.2, 0) is 6.54 Å². The standard InChI is InChI=1S/C13H15NS/c1-9-3-5-11(8-14)7-12(9)13-6-4-10(2)15-13/h3-7H,8,14H2,1-2H3. The molecule has 2 N–H and O–H groups in total. The maximum absolute atomic E-state index is 5.66. The van der Waals surface area contributed by atoms with Gasteiger partial charge in [0.15, 0.2) is 0 Å². The molecular formula is C13H15NS. The average Bonchev–Trinajstić information content (AvgIpc) is 2.65. The van der Waals surface area contributed by atoms with Crippen molar-refractivity contribution in [2.45, 2.75) is 20.4 Å². The summed E-state index contributed by atoms with van der Waals surface area (Å²) in [5.74, 6) is 0. The van der Waals surface area contributed by atoms with Crippen molar-refractivity contribution in [1.29, 1.82) is 0 Å². The van der Waals surface area contributed by atoms with E-state index >= 15 is 0 Å². The van der Waals surface area contributed by atoms with E-state index in [4.69, 9.17) is 5.73 Å². The van der Waals surface area contributed by atoms with Gasteiger partial charge in [0.05, 0.1) is 0 Å². The summed E-state index contributed by atoms with van der Waals surface area (Å²) in [4.78, 5) is 2.68. The Labute approximate surface area is 94.6 Å². The smallest absolute Gasteiger partial charge is 0.0348 e. The molecule has 2 heteroatoms. The second-order valence-electron chi connectivity index (χ2n) is 3.76. The van der Waals surface area contributed by atoms with Crippen LogP contribution in [-0.4, -0.2) is 0 Å². The normalized spacial score (nSPS) is 10.6. The van der Waals surface area contributed by atoms with Gasteiger partial charge in [-0.3, -0.25) is 0 Å². The van der Waals surface area contributed by atoms with E-state index in [1.54, 1.807) is 0 Å². The summed E-state index contributed by atoms with van der Waals surface area (Å²) >= 11 is 1.83. The van der Waals surface area contributed by atoms with Crippen LogP contribution < -0.4 is 5.73 Å². The molecule has 15 heavy (non-hydrogen) atoms. The van der Waals surface area contributed by atoms with Crippen molar-refractivity contribution in [2.24, 2.45) is 5.73 Å². The highest BCUT2D eigenvalue weighted by Crippen LogP contribution is 2.30. The molecule has 0 unspecified atom stereocenters. The first kappa shape index (κ1) is 10.4. The molecule has 1 aromatic heterocycles. The Balaban J connectivity index is 2.51. The predicted molar refractivity (Wildman–Crippen MR) is 67.1 cm³/mol. The first-order valence-electron chi connectivity index (χ1n) is 5.07. The minimum atomic E-state index is 0.609. The molecule has 0 saturated heterocycles. The average molecular weight is 217 g/mol. The van der Waals surface area contributed by atoms with Gasteiger partial charge in [-0.05, 0) is 48.7 Å². The van der Waals surface area contributed by atoms with Crippen LogP contribution in [0.2, 0.25) is 0 Å². The van der Waals surface area contributed by atoms with Crippen LogP contribution in [0, 0.1) is 13.8 Å². The first-order valence-corrected chi connectivity index (χ1v) is 5.89. The number of hydrogen-bond donors (Lipinski definition) is 1. The second kappa shape index (κ2) is 4.17. The van der Waals surface area contributed by atoms with E-state index in [1.165, 1.54) is 26.4 Å². The highest BCUT2D eigenvalue weighted by Gasteiger charge is 2.04. The lowest BCUT2D eigenvalue weighted by Gasteiger charge is -2.05. The third-order valence-corrected chi connectivity index (χ3v) is 3.58. The van der Waals surface area contributed by atoms with Crippen LogP contribution in [0.3, 0.4) is 0 Å². The Hall–Kier alpha value is -1.12. The lowest BCUT2D eigenvalue weighted by atomic mass is 10.0. The van der Waals surface area contributed by atoms with Crippen LogP contribution in [0.4, 0.5) is 0 Å². The molecule has 1 nitrogen and oxygen atoms in total. The zero-order chi connectivity index (χ0) is 10.8. The summed E-state index contributed by atoms with van der Waals surface area (Å²) < 4.78 is 0. The molecule has 0 radical (unpaired) electrons. The summed E-state index contributed by atoms with van der Waals surface area (Å²) in [5.41, 5.74) is 9.48. The van der Waals surface area contributed by atoms with Crippen LogP contribution in [0.1, 0.15) is 16.0 Å². The van der Waals surface area contributed by atoms with Gasteiger partial charge in [-0.1, -0.05) is 12.1 Å². The van der Waals surface area contributed by atoms with Gasteiger partial charge in [-0.15, -0.1) is 11.3 Å². The highest BCUT2D eigenvalue weighted by atomic mass is 32.1. The first-order chi connectivity index (χ1) is 7.20. The van der Waals surface area contributed by atoms with Gasteiger partial charge in [0.2, 0.25) is 0 Å². The fraction of sp³-hybridized carbons (Fsp3) is 0.231. The van der Waals surface area contributed by atoms with Gasteiger partial charge < -0.3 is 5.73 Å². The Bertz CT molecular complexity index is 471. The highest BCUT2D eigenvalue weighted by molar-refractivity contribution is 7.15. The molecule has 0 aliphatic carbocycles. The summed E-state index contributed by atoms with van der Waals surface area (Å²) in [6.45, 7) is 4.89. The minimum Gasteiger partial charge on any atom is -0.326 e. The molecule has 0 amide bonds. The molecule has 0 aliphatic heterocycles. The van der Waals surface area contributed by atoms with Crippen molar-refractivity contribution in [2.75, 3.05) is 0 Å². The number of aryl methyl sites for hydroxylation is 2. The zero-order valence-corrected chi connectivity index (χ0v) is 9.90. The van der Waals surface area contributed by atoms with Gasteiger partial charge in [-0.25, -0.2) is 0 Å². The maximum atomic E-state index is 5.66. The molecule has 1 aromatic carbocycles. The summed E-state index contributed by atoms with van der Waals surface area (Å²) in [6, 6.07) is 10.8. The summed E-state index contributed by atoms with van der Waals surface area (Å²) in [6.07, 6.45) is 0. The van der Waals surface area contributed by atoms with E-state index in [2.05, 4.69) is 44.2 Å². The third-order valence-electron chi connectivity index (χ3n) is 2.54. The lowest BCUT2D eigenvalue weighted by molar-refractivity contribution is 1.07. The molecule has 78 valence electrons. The van der Waals surface area contributed by atoms with E-state index in [-0.39, 0.29) is 0 Å². The van der Waals surface area contributed by atoms with E-state index in [9.17, 15) is 0 Å². The quantitative estimate of drug-likeness (QED) is 0.818. The van der Waals surface area contributed by atoms with Crippen molar-refractivity contribution < 1.29 is 0 Å². The predicted octanol–water partition coefficient (Wildman–Crippen LogP) is 3.49. The largest absolute Gasteiger partial charge is 0.326 e. The van der Waals surface area contributed by atoms with Crippen molar-refractivity contribution in [1.82, 2.24) is 0 Å². The maximum Gasteiger partial charge on any atom is 0.0348 e. The number of benzene rings is 1. The van der Waals surface area contributed by atoms with Crippen LogP contribution >= 0.6 is 11.3 Å². The van der Waals surface area contributed by atoms with Gasteiger partial charge in [0.25, 0.3) is 0 Å². The minimum absolute atomic E-state index is 0.609. The van der Waals surface area contributed by atoms with E-state index in [0.29, 0.717) is 6.54 Å². The van der Waals surface area contributed by atoms with Crippen molar-refractivity contribution >= 4 is 11.3 Å². The third kappa shape index (κ3) is 2.11. The van der Waals surface area contributed by atoms with Crippen molar-refractivity contribution in [3.63, 3.8) is 0 Å².